The van der Waals surface area contributed by atoms with Crippen molar-refractivity contribution < 1.29 is 5.11 Å². The van der Waals surface area contributed by atoms with Crippen molar-refractivity contribution in [3.8, 4) is 0 Å². The molecule has 1 heterocycles. The van der Waals surface area contributed by atoms with Crippen LogP contribution in [0.4, 0.5) is 5.69 Å². The van der Waals surface area contributed by atoms with E-state index in [1.54, 1.807) is 17.1 Å². The molecular weight excluding hydrogens is 242 g/mol. The zero-order valence-corrected chi connectivity index (χ0v) is 12.3. The molecule has 1 unspecified atom stereocenters. The number of hydrogen-bond acceptors (Lipinski definition) is 5. The Balaban J connectivity index is 2.29. The molecule has 0 aliphatic rings. The zero-order chi connectivity index (χ0) is 14.3. The second kappa shape index (κ2) is 8.14. The first kappa shape index (κ1) is 15.9. The van der Waals surface area contributed by atoms with Crippen LogP contribution in [0.25, 0.3) is 0 Å². The minimum absolute atomic E-state index is 0.418. The molecule has 0 fully saturated rings. The van der Waals surface area contributed by atoms with Crippen molar-refractivity contribution in [1.29, 1.82) is 0 Å². The molecule has 0 aliphatic heterocycles. The summed E-state index contributed by atoms with van der Waals surface area (Å²) in [5.74, 6) is 0. The Morgan fingerprint density at radius 1 is 1.42 bits per heavy atom. The molecule has 1 atom stereocenters. The highest BCUT2D eigenvalue weighted by Crippen LogP contribution is 2.02. The van der Waals surface area contributed by atoms with Gasteiger partial charge in [0, 0.05) is 12.7 Å². The standard InChI is InChI=1S/C13H27N5O/c1-4-17(7-5-6-16(2)3)10-13(19)11-18-9-12(14)8-15-18/h8-9,13,19H,4-7,10-11,14H2,1-3H3. The van der Waals surface area contributed by atoms with E-state index in [1.165, 1.54) is 0 Å². The van der Waals surface area contributed by atoms with Gasteiger partial charge in [0.05, 0.1) is 24.5 Å². The van der Waals surface area contributed by atoms with E-state index < -0.39 is 6.10 Å². The average molecular weight is 269 g/mol. The van der Waals surface area contributed by atoms with E-state index in [4.69, 9.17) is 5.73 Å². The molecule has 0 radical (unpaired) electrons. The van der Waals surface area contributed by atoms with Crippen LogP contribution in [0.5, 0.6) is 0 Å². The predicted molar refractivity (Wildman–Crippen MR) is 77.9 cm³/mol. The number of aliphatic hydroxyl groups excluding tert-OH is 1. The van der Waals surface area contributed by atoms with Gasteiger partial charge in [0.15, 0.2) is 0 Å². The van der Waals surface area contributed by atoms with Crippen molar-refractivity contribution in [2.24, 2.45) is 0 Å². The molecule has 0 saturated heterocycles. The van der Waals surface area contributed by atoms with Crippen molar-refractivity contribution in [3.63, 3.8) is 0 Å². The Kier molecular flexibility index (Phi) is 6.83. The van der Waals surface area contributed by atoms with Crippen LogP contribution in [-0.4, -0.2) is 71.1 Å². The second-order valence-corrected chi connectivity index (χ2v) is 5.20. The van der Waals surface area contributed by atoms with E-state index in [0.717, 1.165) is 26.1 Å². The van der Waals surface area contributed by atoms with Gasteiger partial charge in [-0.15, -0.1) is 0 Å². The first-order chi connectivity index (χ1) is 9.01. The maximum atomic E-state index is 10.1. The van der Waals surface area contributed by atoms with Crippen molar-refractivity contribution in [2.75, 3.05) is 46.0 Å². The van der Waals surface area contributed by atoms with Gasteiger partial charge < -0.3 is 20.6 Å². The molecule has 0 saturated carbocycles. The molecule has 6 nitrogen and oxygen atoms in total. The fraction of sp³-hybridized carbons (Fsp3) is 0.769. The summed E-state index contributed by atoms with van der Waals surface area (Å²) in [6, 6.07) is 0. The van der Waals surface area contributed by atoms with Gasteiger partial charge in [-0.2, -0.15) is 5.10 Å². The monoisotopic (exact) mass is 269 g/mol. The molecule has 0 aliphatic carbocycles. The minimum atomic E-state index is -0.418. The van der Waals surface area contributed by atoms with Crippen molar-refractivity contribution in [2.45, 2.75) is 26.0 Å². The summed E-state index contributed by atoms with van der Waals surface area (Å²) in [6.07, 6.45) is 4.04. The van der Waals surface area contributed by atoms with Gasteiger partial charge in [-0.3, -0.25) is 4.68 Å². The Morgan fingerprint density at radius 2 is 2.16 bits per heavy atom. The molecule has 1 aromatic rings. The third-order valence-corrected chi connectivity index (χ3v) is 3.05. The highest BCUT2D eigenvalue weighted by Gasteiger charge is 2.11. The highest BCUT2D eigenvalue weighted by atomic mass is 16.3. The number of likely N-dealkylation sites (N-methyl/N-ethyl adjacent to an activating group) is 1. The van der Waals surface area contributed by atoms with Crippen molar-refractivity contribution in [3.05, 3.63) is 12.4 Å². The first-order valence-electron chi connectivity index (χ1n) is 6.84. The molecule has 3 N–H and O–H groups in total. The smallest absolute Gasteiger partial charge is 0.0862 e. The second-order valence-electron chi connectivity index (χ2n) is 5.20. The van der Waals surface area contributed by atoms with E-state index >= 15 is 0 Å². The quantitative estimate of drug-likeness (QED) is 0.665. The number of nitrogens with zero attached hydrogens (tertiary/aromatic N) is 4. The van der Waals surface area contributed by atoms with Gasteiger partial charge >= 0.3 is 0 Å². The van der Waals surface area contributed by atoms with Crippen LogP contribution in [-0.2, 0) is 6.54 Å². The molecule has 0 aromatic carbocycles. The van der Waals surface area contributed by atoms with Crippen LogP contribution in [0.3, 0.4) is 0 Å². The van der Waals surface area contributed by atoms with Gasteiger partial charge in [0.2, 0.25) is 0 Å². The molecule has 6 heteroatoms. The van der Waals surface area contributed by atoms with Crippen LogP contribution in [0.1, 0.15) is 13.3 Å². The minimum Gasteiger partial charge on any atom is -0.396 e. The number of aliphatic hydroxyl groups is 1. The number of nitrogens with two attached hydrogens (primary N) is 1. The molecule has 19 heavy (non-hydrogen) atoms. The highest BCUT2D eigenvalue weighted by molar-refractivity contribution is 5.30. The molecular formula is C13H27N5O. The normalized spacial score (nSPS) is 13.4. The van der Waals surface area contributed by atoms with Crippen molar-refractivity contribution >= 4 is 5.69 Å². The topological polar surface area (TPSA) is 70.5 Å². The van der Waals surface area contributed by atoms with Gasteiger partial charge in [-0.1, -0.05) is 6.92 Å². The number of hydrogen-bond donors (Lipinski definition) is 2. The number of rotatable bonds is 9. The third kappa shape index (κ3) is 6.56. The summed E-state index contributed by atoms with van der Waals surface area (Å²) < 4.78 is 1.69. The molecule has 0 amide bonds. The van der Waals surface area contributed by atoms with Crippen LogP contribution < -0.4 is 5.73 Å². The Labute approximate surface area is 115 Å². The zero-order valence-electron chi connectivity index (χ0n) is 12.3. The van der Waals surface area contributed by atoms with Crippen molar-refractivity contribution in [1.82, 2.24) is 19.6 Å². The van der Waals surface area contributed by atoms with E-state index in [-0.39, 0.29) is 0 Å². The van der Waals surface area contributed by atoms with Crippen LogP contribution in [0.2, 0.25) is 0 Å². The van der Waals surface area contributed by atoms with Crippen LogP contribution in [0.15, 0.2) is 12.4 Å². The fourth-order valence-electron chi connectivity index (χ4n) is 2.04. The first-order valence-corrected chi connectivity index (χ1v) is 6.84. The number of aromatic nitrogens is 2. The largest absolute Gasteiger partial charge is 0.396 e. The molecule has 110 valence electrons. The molecule has 1 rings (SSSR count). The predicted octanol–water partition coefficient (Wildman–Crippen LogP) is 0.0998. The maximum Gasteiger partial charge on any atom is 0.0862 e. The summed E-state index contributed by atoms with van der Waals surface area (Å²) in [5.41, 5.74) is 6.23. The van der Waals surface area contributed by atoms with E-state index in [0.29, 0.717) is 18.8 Å². The van der Waals surface area contributed by atoms with Gasteiger partial charge in [0.25, 0.3) is 0 Å². The Hall–Kier alpha value is -1.11. The third-order valence-electron chi connectivity index (χ3n) is 3.05. The van der Waals surface area contributed by atoms with Gasteiger partial charge in [-0.25, -0.2) is 0 Å². The lowest BCUT2D eigenvalue weighted by atomic mass is 10.3. The maximum absolute atomic E-state index is 10.1. The lowest BCUT2D eigenvalue weighted by Crippen LogP contribution is -2.36. The summed E-state index contributed by atoms with van der Waals surface area (Å²) >= 11 is 0. The summed E-state index contributed by atoms with van der Waals surface area (Å²) in [7, 11) is 4.15. The number of anilines is 1. The van der Waals surface area contributed by atoms with Gasteiger partial charge in [0.1, 0.15) is 0 Å². The summed E-state index contributed by atoms with van der Waals surface area (Å²) in [5, 5.41) is 14.1. The Bertz CT molecular complexity index is 353. The Morgan fingerprint density at radius 3 is 2.68 bits per heavy atom. The van der Waals surface area contributed by atoms with E-state index in [9.17, 15) is 5.11 Å². The molecule has 0 spiro atoms. The van der Waals surface area contributed by atoms with Crippen LogP contribution >= 0.6 is 0 Å². The summed E-state index contributed by atoms with van der Waals surface area (Å²) in [6.45, 7) is 6.31. The van der Waals surface area contributed by atoms with Gasteiger partial charge in [-0.05, 0) is 40.2 Å². The lowest BCUT2D eigenvalue weighted by molar-refractivity contribution is 0.0956. The summed E-state index contributed by atoms with van der Waals surface area (Å²) in [4.78, 5) is 4.44. The molecule has 0 bridgehead atoms. The SMILES string of the molecule is CCN(CCCN(C)C)CC(O)Cn1cc(N)cn1. The van der Waals surface area contributed by atoms with E-state index in [1.807, 2.05) is 0 Å². The fourth-order valence-corrected chi connectivity index (χ4v) is 2.04. The molecule has 1 aromatic heterocycles. The average Bonchev–Trinajstić information content (AvgIpc) is 2.72. The van der Waals surface area contributed by atoms with Crippen LogP contribution in [0, 0.1) is 0 Å². The lowest BCUT2D eigenvalue weighted by Gasteiger charge is -2.24. The number of nitrogen functional groups attached to an aromatic ring is 1. The van der Waals surface area contributed by atoms with E-state index in [2.05, 4.69) is 35.9 Å².